The largest absolute Gasteiger partial charge is 0.395 e. The molecule has 0 radical (unpaired) electrons. The van der Waals surface area contributed by atoms with Crippen molar-refractivity contribution in [1.82, 2.24) is 9.97 Å². The number of hydrogen-bond acceptors (Lipinski definition) is 6. The van der Waals surface area contributed by atoms with Gasteiger partial charge < -0.3 is 16.2 Å². The van der Waals surface area contributed by atoms with Gasteiger partial charge in [-0.1, -0.05) is 11.6 Å². The highest BCUT2D eigenvalue weighted by molar-refractivity contribution is 6.31. The number of anilines is 2. The lowest BCUT2D eigenvalue weighted by Crippen LogP contribution is -2.10. The zero-order valence-electron chi connectivity index (χ0n) is 7.16. The minimum atomic E-state index is -0.0576. The van der Waals surface area contributed by atoms with Crippen molar-refractivity contribution >= 4 is 23.2 Å². The highest BCUT2D eigenvalue weighted by Crippen LogP contribution is 2.19. The van der Waals surface area contributed by atoms with Crippen molar-refractivity contribution in [2.24, 2.45) is 0 Å². The van der Waals surface area contributed by atoms with Crippen molar-refractivity contribution in [2.45, 2.75) is 0 Å². The molecule has 1 heterocycles. The third-order valence-corrected chi connectivity index (χ3v) is 1.65. The van der Waals surface area contributed by atoms with Crippen LogP contribution in [0.15, 0.2) is 0 Å². The number of hydrogen-bond donors (Lipinski definition) is 3. The fraction of sp³-hybridized carbons (Fsp3) is 0.286. The quantitative estimate of drug-likeness (QED) is 0.652. The summed E-state index contributed by atoms with van der Waals surface area (Å²) in [6.45, 7) is 0.234. The second-order valence-corrected chi connectivity index (χ2v) is 2.72. The summed E-state index contributed by atoms with van der Waals surface area (Å²) in [5.41, 5.74) is 5.41. The lowest BCUT2D eigenvalue weighted by atomic mass is 10.4. The zero-order chi connectivity index (χ0) is 10.6. The number of nitrogen functional groups attached to an aromatic ring is 1. The van der Waals surface area contributed by atoms with Crippen LogP contribution in [0.2, 0.25) is 5.15 Å². The molecule has 7 heteroatoms. The van der Waals surface area contributed by atoms with Crippen molar-refractivity contribution < 1.29 is 5.11 Å². The van der Waals surface area contributed by atoms with Crippen molar-refractivity contribution in [3.8, 4) is 6.07 Å². The number of aliphatic hydroxyl groups is 1. The maximum atomic E-state index is 8.56. The van der Waals surface area contributed by atoms with Crippen molar-refractivity contribution in [3.05, 3.63) is 10.8 Å². The number of nitrogens with two attached hydrogens (primary N) is 1. The van der Waals surface area contributed by atoms with Crippen LogP contribution in [-0.4, -0.2) is 28.2 Å². The van der Waals surface area contributed by atoms with E-state index in [1.165, 1.54) is 0 Å². The van der Waals surface area contributed by atoms with Crippen LogP contribution in [0, 0.1) is 11.3 Å². The van der Waals surface area contributed by atoms with E-state index in [0.717, 1.165) is 0 Å². The molecular formula is C7H8ClN5O. The molecule has 1 rings (SSSR count). The van der Waals surface area contributed by atoms with Gasteiger partial charge in [0, 0.05) is 6.54 Å². The number of aromatic nitrogens is 2. The maximum Gasteiger partial charge on any atom is 0.184 e. The lowest BCUT2D eigenvalue weighted by molar-refractivity contribution is 0.311. The van der Waals surface area contributed by atoms with Gasteiger partial charge in [0.2, 0.25) is 0 Å². The molecule has 0 aliphatic carbocycles. The fourth-order valence-corrected chi connectivity index (χ4v) is 0.991. The maximum absolute atomic E-state index is 8.56. The van der Waals surface area contributed by atoms with Gasteiger partial charge in [-0.25, -0.2) is 9.97 Å². The molecule has 74 valence electrons. The molecule has 0 fully saturated rings. The van der Waals surface area contributed by atoms with E-state index in [9.17, 15) is 0 Å². The third-order valence-electron chi connectivity index (χ3n) is 1.39. The van der Waals surface area contributed by atoms with Gasteiger partial charge in [-0.2, -0.15) is 5.26 Å². The van der Waals surface area contributed by atoms with Gasteiger partial charge in [-0.15, -0.1) is 0 Å². The van der Waals surface area contributed by atoms with Gasteiger partial charge in [0.15, 0.2) is 22.5 Å². The molecule has 14 heavy (non-hydrogen) atoms. The molecule has 0 atom stereocenters. The normalized spacial score (nSPS) is 9.50. The average Bonchev–Trinajstić information content (AvgIpc) is 2.18. The third kappa shape index (κ3) is 2.22. The first-order valence-corrected chi connectivity index (χ1v) is 4.14. The highest BCUT2D eigenvalue weighted by Gasteiger charge is 2.08. The first-order valence-electron chi connectivity index (χ1n) is 3.77. The zero-order valence-corrected chi connectivity index (χ0v) is 7.91. The van der Waals surface area contributed by atoms with E-state index in [4.69, 9.17) is 27.7 Å². The Labute approximate surface area is 85.3 Å². The number of nitrogens with one attached hydrogen (secondary N) is 1. The van der Waals surface area contributed by atoms with Crippen LogP contribution >= 0.6 is 11.6 Å². The summed E-state index contributed by atoms with van der Waals surface area (Å²) in [5.74, 6) is 0.273. The van der Waals surface area contributed by atoms with E-state index in [2.05, 4.69) is 15.3 Å². The summed E-state index contributed by atoms with van der Waals surface area (Å²) in [6.07, 6.45) is 0. The summed E-state index contributed by atoms with van der Waals surface area (Å²) >= 11 is 5.69. The van der Waals surface area contributed by atoms with E-state index in [1.54, 1.807) is 6.07 Å². The molecule has 0 saturated carbocycles. The van der Waals surface area contributed by atoms with Crippen molar-refractivity contribution in [1.29, 1.82) is 5.26 Å². The Morgan fingerprint density at radius 2 is 2.29 bits per heavy atom. The number of nitrogens with zero attached hydrogens (tertiary/aromatic N) is 3. The topological polar surface area (TPSA) is 108 Å². The lowest BCUT2D eigenvalue weighted by Gasteiger charge is -2.06. The van der Waals surface area contributed by atoms with Crippen molar-refractivity contribution in [3.63, 3.8) is 0 Å². The minimum Gasteiger partial charge on any atom is -0.395 e. The Kier molecular flexibility index (Phi) is 3.45. The molecule has 0 amide bonds. The summed E-state index contributed by atoms with van der Waals surface area (Å²) in [7, 11) is 0. The van der Waals surface area contributed by atoms with Crippen LogP contribution in [0.1, 0.15) is 5.69 Å². The van der Waals surface area contributed by atoms with E-state index in [1.807, 2.05) is 0 Å². The Hall–Kier alpha value is -1.58. The first-order chi connectivity index (χ1) is 6.69. The van der Waals surface area contributed by atoms with Gasteiger partial charge in [-0.05, 0) is 0 Å². The smallest absolute Gasteiger partial charge is 0.184 e. The second kappa shape index (κ2) is 4.60. The summed E-state index contributed by atoms with van der Waals surface area (Å²) in [5, 5.41) is 19.9. The van der Waals surface area contributed by atoms with Gasteiger partial charge in [0.25, 0.3) is 0 Å². The molecular weight excluding hydrogens is 206 g/mol. The van der Waals surface area contributed by atoms with Crippen LogP contribution in [-0.2, 0) is 0 Å². The van der Waals surface area contributed by atoms with Gasteiger partial charge >= 0.3 is 0 Å². The predicted molar refractivity (Wildman–Crippen MR) is 51.7 cm³/mol. The molecule has 0 unspecified atom stereocenters. The fourth-order valence-electron chi connectivity index (χ4n) is 0.797. The number of rotatable bonds is 3. The molecule has 4 N–H and O–H groups in total. The van der Waals surface area contributed by atoms with Gasteiger partial charge in [-0.3, -0.25) is 0 Å². The van der Waals surface area contributed by atoms with Gasteiger partial charge in [0.05, 0.1) is 6.61 Å². The summed E-state index contributed by atoms with van der Waals surface area (Å²) < 4.78 is 0. The van der Waals surface area contributed by atoms with E-state index < -0.39 is 0 Å². The Morgan fingerprint density at radius 1 is 1.57 bits per heavy atom. The molecule has 0 bridgehead atoms. The number of halogens is 1. The monoisotopic (exact) mass is 213 g/mol. The average molecular weight is 214 g/mol. The van der Waals surface area contributed by atoms with Crippen LogP contribution in [0.25, 0.3) is 0 Å². The molecule has 0 saturated heterocycles. The van der Waals surface area contributed by atoms with E-state index in [0.29, 0.717) is 6.54 Å². The summed E-state index contributed by atoms with van der Waals surface area (Å²) in [4.78, 5) is 7.54. The number of nitriles is 1. The van der Waals surface area contributed by atoms with Crippen LogP contribution in [0.4, 0.5) is 11.6 Å². The van der Waals surface area contributed by atoms with Crippen LogP contribution in [0.3, 0.4) is 0 Å². The molecule has 0 aliphatic rings. The Balaban J connectivity index is 2.98. The SMILES string of the molecule is N#Cc1nc(Cl)c(NCCO)nc1N. The molecule has 0 spiro atoms. The Bertz CT molecular complexity index is 375. The van der Waals surface area contributed by atoms with Crippen LogP contribution < -0.4 is 11.1 Å². The minimum absolute atomic E-state index is 0.00968. The van der Waals surface area contributed by atoms with E-state index >= 15 is 0 Å². The van der Waals surface area contributed by atoms with Crippen molar-refractivity contribution in [2.75, 3.05) is 24.2 Å². The van der Waals surface area contributed by atoms with Gasteiger partial charge in [0.1, 0.15) is 6.07 Å². The van der Waals surface area contributed by atoms with E-state index in [-0.39, 0.29) is 29.1 Å². The first kappa shape index (κ1) is 10.5. The van der Waals surface area contributed by atoms with Crippen LogP contribution in [0.5, 0.6) is 0 Å². The molecule has 1 aromatic rings. The Morgan fingerprint density at radius 3 is 2.86 bits per heavy atom. The molecule has 1 aromatic heterocycles. The predicted octanol–water partition coefficient (Wildman–Crippen LogP) is -0.0119. The number of aliphatic hydroxyl groups excluding tert-OH is 1. The molecule has 6 nitrogen and oxygen atoms in total. The summed E-state index contributed by atoms with van der Waals surface area (Å²) in [6, 6.07) is 1.76. The molecule has 0 aromatic carbocycles. The second-order valence-electron chi connectivity index (χ2n) is 2.36. The standard InChI is InChI=1S/C7H8ClN5O/c8-5-7(11-1-2-14)13-6(10)4(3-9)12-5/h14H,1-2H2,(H3,10,11,13). The molecule has 0 aliphatic heterocycles. The highest BCUT2D eigenvalue weighted by atomic mass is 35.5.